The van der Waals surface area contributed by atoms with Crippen LogP contribution in [-0.2, 0) is 0 Å². The fourth-order valence-corrected chi connectivity index (χ4v) is 3.96. The van der Waals surface area contributed by atoms with Crippen molar-refractivity contribution in [2.75, 3.05) is 13.1 Å². The van der Waals surface area contributed by atoms with Crippen molar-refractivity contribution in [1.29, 1.82) is 0 Å². The molecular formula is C22H28ClNO2. The molecule has 1 saturated heterocycles. The zero-order chi connectivity index (χ0) is 18.7. The molecule has 0 radical (unpaired) electrons. The number of benzene rings is 2. The maximum absolute atomic E-state index is 11.3. The van der Waals surface area contributed by atoms with Gasteiger partial charge in [0.25, 0.3) is 0 Å². The van der Waals surface area contributed by atoms with E-state index in [-0.39, 0.29) is 5.92 Å². The molecule has 0 amide bonds. The summed E-state index contributed by atoms with van der Waals surface area (Å²) in [6, 6.07) is 15.8. The summed E-state index contributed by atoms with van der Waals surface area (Å²) in [5, 5.41) is 22.9. The Morgan fingerprint density at radius 2 is 1.62 bits per heavy atom. The third kappa shape index (κ3) is 3.96. The van der Waals surface area contributed by atoms with Crippen molar-refractivity contribution in [2.24, 2.45) is 0 Å². The maximum Gasteiger partial charge on any atom is 0.136 e. The van der Waals surface area contributed by atoms with Gasteiger partial charge in [-0.05, 0) is 48.6 Å². The highest BCUT2D eigenvalue weighted by Crippen LogP contribution is 2.38. The molecule has 2 N–H and O–H groups in total. The van der Waals surface area contributed by atoms with Crippen LogP contribution in [-0.4, -0.2) is 40.0 Å². The predicted octanol–water partition coefficient (Wildman–Crippen LogP) is 4.67. The molecule has 0 bridgehead atoms. The molecule has 1 heterocycles. The summed E-state index contributed by atoms with van der Waals surface area (Å²) in [5.74, 6) is -0.230. The number of piperidine rings is 1. The first kappa shape index (κ1) is 19.4. The predicted molar refractivity (Wildman–Crippen MR) is 107 cm³/mol. The van der Waals surface area contributed by atoms with Crippen LogP contribution in [0.4, 0.5) is 0 Å². The van der Waals surface area contributed by atoms with Gasteiger partial charge in [0, 0.05) is 24.0 Å². The molecule has 140 valence electrons. The summed E-state index contributed by atoms with van der Waals surface area (Å²) in [4.78, 5) is 2.00. The van der Waals surface area contributed by atoms with Crippen molar-refractivity contribution in [1.82, 2.24) is 4.90 Å². The molecule has 1 fully saturated rings. The highest BCUT2D eigenvalue weighted by atomic mass is 35.5. The van der Waals surface area contributed by atoms with Crippen molar-refractivity contribution < 1.29 is 10.2 Å². The summed E-state index contributed by atoms with van der Waals surface area (Å²) >= 11 is 6.02. The smallest absolute Gasteiger partial charge is 0.136 e. The molecule has 26 heavy (non-hydrogen) atoms. The molecule has 0 saturated carbocycles. The van der Waals surface area contributed by atoms with E-state index >= 15 is 0 Å². The van der Waals surface area contributed by atoms with E-state index in [4.69, 9.17) is 11.6 Å². The van der Waals surface area contributed by atoms with Gasteiger partial charge in [-0.15, -0.1) is 0 Å². The normalized spacial score (nSPS) is 20.3. The molecule has 2 aromatic rings. The monoisotopic (exact) mass is 373 g/mol. The SMILES string of the molecule is CC(c1ccccc1-c1ccc(Cl)cc1)C(C)(O)C(O)N1CCCCC1. The van der Waals surface area contributed by atoms with Crippen LogP contribution >= 0.6 is 11.6 Å². The standard InChI is InChI=1S/C22H28ClNO2/c1-16(22(2,26)21(25)24-14-6-3-7-15-24)19-8-4-5-9-20(19)17-10-12-18(23)13-11-17/h4-5,8-13,16,21,25-26H,3,6-7,14-15H2,1-2H3. The molecule has 2 aromatic carbocycles. The molecule has 3 rings (SSSR count). The molecule has 3 atom stereocenters. The molecule has 3 unspecified atom stereocenters. The minimum absolute atomic E-state index is 0.230. The summed E-state index contributed by atoms with van der Waals surface area (Å²) in [6.07, 6.45) is 2.46. The van der Waals surface area contributed by atoms with Crippen LogP contribution in [0, 0.1) is 0 Å². The second kappa shape index (κ2) is 8.10. The molecule has 0 aromatic heterocycles. The summed E-state index contributed by atoms with van der Waals surface area (Å²) in [5.41, 5.74) is 1.89. The lowest BCUT2D eigenvalue weighted by atomic mass is 9.79. The molecule has 1 aliphatic rings. The van der Waals surface area contributed by atoms with Crippen molar-refractivity contribution >= 4 is 11.6 Å². The minimum atomic E-state index is -1.25. The number of halogens is 1. The summed E-state index contributed by atoms with van der Waals surface area (Å²) < 4.78 is 0. The molecule has 1 aliphatic heterocycles. The van der Waals surface area contributed by atoms with Crippen LogP contribution in [0.15, 0.2) is 48.5 Å². The van der Waals surface area contributed by atoms with E-state index in [0.717, 1.165) is 42.6 Å². The zero-order valence-electron chi connectivity index (χ0n) is 15.5. The van der Waals surface area contributed by atoms with Gasteiger partial charge in [0.15, 0.2) is 0 Å². The minimum Gasteiger partial charge on any atom is -0.385 e. The molecule has 4 heteroatoms. The van der Waals surface area contributed by atoms with Gasteiger partial charge in [-0.25, -0.2) is 0 Å². The number of nitrogens with zero attached hydrogens (tertiary/aromatic N) is 1. The van der Waals surface area contributed by atoms with Gasteiger partial charge in [-0.2, -0.15) is 0 Å². The molecule has 0 aliphatic carbocycles. The Hall–Kier alpha value is -1.39. The number of hydrogen-bond donors (Lipinski definition) is 2. The van der Waals surface area contributed by atoms with Crippen LogP contribution in [0.3, 0.4) is 0 Å². The highest BCUT2D eigenvalue weighted by Gasteiger charge is 2.41. The van der Waals surface area contributed by atoms with Crippen LogP contribution in [0.2, 0.25) is 5.02 Å². The van der Waals surface area contributed by atoms with Gasteiger partial charge in [-0.1, -0.05) is 61.3 Å². The number of aliphatic hydroxyl groups is 2. The van der Waals surface area contributed by atoms with Gasteiger partial charge in [-0.3, -0.25) is 4.90 Å². The number of aliphatic hydroxyl groups excluding tert-OH is 1. The van der Waals surface area contributed by atoms with Gasteiger partial charge >= 0.3 is 0 Å². The Labute approximate surface area is 161 Å². The molecular weight excluding hydrogens is 346 g/mol. The Morgan fingerprint density at radius 3 is 2.27 bits per heavy atom. The second-order valence-electron chi connectivity index (χ2n) is 7.51. The van der Waals surface area contributed by atoms with E-state index < -0.39 is 11.8 Å². The lowest BCUT2D eigenvalue weighted by Crippen LogP contribution is -2.55. The number of rotatable bonds is 5. The largest absolute Gasteiger partial charge is 0.385 e. The first-order valence-electron chi connectivity index (χ1n) is 9.40. The average molecular weight is 374 g/mol. The van der Waals surface area contributed by atoms with Crippen molar-refractivity contribution in [2.45, 2.75) is 50.9 Å². The fourth-order valence-electron chi connectivity index (χ4n) is 3.84. The number of likely N-dealkylation sites (tertiary alicyclic amines) is 1. The van der Waals surface area contributed by atoms with Gasteiger partial charge in [0.1, 0.15) is 11.8 Å². The topological polar surface area (TPSA) is 43.7 Å². The summed E-state index contributed by atoms with van der Waals surface area (Å²) in [7, 11) is 0. The van der Waals surface area contributed by atoms with Crippen molar-refractivity contribution in [3.05, 3.63) is 59.1 Å². The maximum atomic E-state index is 11.3. The van der Waals surface area contributed by atoms with E-state index in [1.54, 1.807) is 6.92 Å². The Bertz CT molecular complexity index is 723. The quantitative estimate of drug-likeness (QED) is 0.800. The van der Waals surface area contributed by atoms with Crippen molar-refractivity contribution in [3.8, 4) is 11.1 Å². The molecule has 3 nitrogen and oxygen atoms in total. The van der Waals surface area contributed by atoms with Crippen LogP contribution in [0.25, 0.3) is 11.1 Å². The van der Waals surface area contributed by atoms with Gasteiger partial charge in [0.2, 0.25) is 0 Å². The van der Waals surface area contributed by atoms with E-state index in [0.29, 0.717) is 5.02 Å². The van der Waals surface area contributed by atoms with Crippen molar-refractivity contribution in [3.63, 3.8) is 0 Å². The Kier molecular flexibility index (Phi) is 6.03. The highest BCUT2D eigenvalue weighted by molar-refractivity contribution is 6.30. The summed E-state index contributed by atoms with van der Waals surface area (Å²) in [6.45, 7) is 5.41. The number of hydrogen-bond acceptors (Lipinski definition) is 3. The first-order chi connectivity index (χ1) is 12.4. The second-order valence-corrected chi connectivity index (χ2v) is 7.95. The third-order valence-corrected chi connectivity index (χ3v) is 5.97. The van der Waals surface area contributed by atoms with Crippen LogP contribution < -0.4 is 0 Å². The van der Waals surface area contributed by atoms with Crippen LogP contribution in [0.5, 0.6) is 0 Å². The Balaban J connectivity index is 1.91. The Morgan fingerprint density at radius 1 is 1.00 bits per heavy atom. The lowest BCUT2D eigenvalue weighted by molar-refractivity contribution is -0.154. The third-order valence-electron chi connectivity index (χ3n) is 5.72. The van der Waals surface area contributed by atoms with E-state index in [9.17, 15) is 10.2 Å². The lowest BCUT2D eigenvalue weighted by Gasteiger charge is -2.42. The zero-order valence-corrected chi connectivity index (χ0v) is 16.3. The van der Waals surface area contributed by atoms with Gasteiger partial charge < -0.3 is 10.2 Å². The molecule has 0 spiro atoms. The van der Waals surface area contributed by atoms with E-state index in [1.165, 1.54) is 6.42 Å². The average Bonchev–Trinajstić information content (AvgIpc) is 2.68. The van der Waals surface area contributed by atoms with Gasteiger partial charge in [0.05, 0.1) is 0 Å². The van der Waals surface area contributed by atoms with E-state index in [1.807, 2.05) is 54.3 Å². The van der Waals surface area contributed by atoms with E-state index in [2.05, 4.69) is 6.07 Å². The first-order valence-corrected chi connectivity index (χ1v) is 9.78. The van der Waals surface area contributed by atoms with Crippen LogP contribution in [0.1, 0.15) is 44.6 Å². The fraction of sp³-hybridized carbons (Fsp3) is 0.455.